The summed E-state index contributed by atoms with van der Waals surface area (Å²) in [6.07, 6.45) is 3.17. The number of fused-ring (bicyclic) bond motifs is 1. The highest BCUT2D eigenvalue weighted by atomic mass is 19.2. The smallest absolute Gasteiger partial charge is 0.166 e. The molecule has 4 aromatic carbocycles. The molecular weight excluding hydrogens is 421 g/mol. The minimum absolute atomic E-state index is 0.190. The molecule has 0 aromatic heterocycles. The Labute approximate surface area is 191 Å². The van der Waals surface area contributed by atoms with Crippen LogP contribution < -0.4 is 4.74 Å². The molecule has 4 heteroatoms. The molecule has 1 nitrogen and oxygen atoms in total. The van der Waals surface area contributed by atoms with Crippen molar-refractivity contribution in [2.24, 2.45) is 0 Å². The molecule has 4 rings (SSSR count). The zero-order valence-electron chi connectivity index (χ0n) is 17.9. The monoisotopic (exact) mass is 442 g/mol. The van der Waals surface area contributed by atoms with Crippen LogP contribution in [-0.4, -0.2) is 6.61 Å². The number of rotatable bonds is 6. The van der Waals surface area contributed by atoms with Crippen LogP contribution >= 0.6 is 0 Å². The van der Waals surface area contributed by atoms with Crippen molar-refractivity contribution in [1.82, 2.24) is 0 Å². The van der Waals surface area contributed by atoms with E-state index in [0.717, 1.165) is 29.4 Å². The Kier molecular flexibility index (Phi) is 6.80. The van der Waals surface area contributed by atoms with E-state index in [0.29, 0.717) is 24.0 Å². The van der Waals surface area contributed by atoms with E-state index in [1.807, 2.05) is 30.3 Å². The van der Waals surface area contributed by atoms with Gasteiger partial charge in [-0.05, 0) is 71.8 Å². The Hall–Kier alpha value is -3.97. The van der Waals surface area contributed by atoms with Gasteiger partial charge in [0.05, 0.1) is 5.56 Å². The van der Waals surface area contributed by atoms with Crippen molar-refractivity contribution in [3.05, 3.63) is 125 Å². The topological polar surface area (TPSA) is 9.23 Å². The molecule has 0 aliphatic rings. The first-order chi connectivity index (χ1) is 16.0. The van der Waals surface area contributed by atoms with Gasteiger partial charge in [0.15, 0.2) is 11.6 Å². The van der Waals surface area contributed by atoms with E-state index in [9.17, 15) is 13.2 Å². The molecule has 0 aliphatic carbocycles. The fourth-order valence-corrected chi connectivity index (χ4v) is 3.49. The van der Waals surface area contributed by atoms with Gasteiger partial charge in [-0.1, -0.05) is 54.8 Å². The molecule has 0 amide bonds. The molecule has 0 saturated heterocycles. The van der Waals surface area contributed by atoms with Crippen LogP contribution in [0, 0.1) is 29.3 Å². The van der Waals surface area contributed by atoms with E-state index in [1.54, 1.807) is 24.3 Å². The molecule has 0 fully saturated rings. The molecule has 0 aliphatic heterocycles. The molecule has 0 N–H and O–H groups in total. The van der Waals surface area contributed by atoms with E-state index in [4.69, 9.17) is 4.74 Å². The van der Waals surface area contributed by atoms with Crippen LogP contribution in [-0.2, 0) is 12.8 Å². The van der Waals surface area contributed by atoms with Crippen molar-refractivity contribution in [2.45, 2.75) is 12.8 Å². The summed E-state index contributed by atoms with van der Waals surface area (Å²) in [6.45, 7) is 4.09. The normalized spacial score (nSPS) is 10.5. The first kappa shape index (κ1) is 22.2. The standard InChI is InChI=1S/C29H21F3O/c1-2-17-33-25-13-7-20(8-14-25)3-4-22-6-11-23(28(31)19-22)10-5-21-9-15-26-24(18-21)12-16-27(30)29(26)32/h2,6-9,11-16,18-19H,1,3-4,17H2. The summed E-state index contributed by atoms with van der Waals surface area (Å²) in [6, 6.07) is 20.2. The summed E-state index contributed by atoms with van der Waals surface area (Å²) < 4.78 is 47.2. The molecule has 0 saturated carbocycles. The van der Waals surface area contributed by atoms with Crippen molar-refractivity contribution in [3.63, 3.8) is 0 Å². The van der Waals surface area contributed by atoms with Crippen LogP contribution in [0.1, 0.15) is 22.3 Å². The molecule has 0 spiro atoms. The summed E-state index contributed by atoms with van der Waals surface area (Å²) in [5.41, 5.74) is 2.90. The van der Waals surface area contributed by atoms with Gasteiger partial charge in [-0.25, -0.2) is 13.2 Å². The number of hydrogen-bond donors (Lipinski definition) is 0. The van der Waals surface area contributed by atoms with Gasteiger partial charge in [-0.2, -0.15) is 0 Å². The second-order valence-electron chi connectivity index (χ2n) is 7.61. The third-order valence-corrected chi connectivity index (χ3v) is 5.28. The SMILES string of the molecule is C=CCOc1ccc(CCc2ccc(C#Cc3ccc4c(F)c(F)ccc4c3)c(F)c2)cc1. The van der Waals surface area contributed by atoms with Gasteiger partial charge in [0.1, 0.15) is 18.2 Å². The van der Waals surface area contributed by atoms with Crippen LogP contribution in [0.15, 0.2) is 85.5 Å². The highest BCUT2D eigenvalue weighted by molar-refractivity contribution is 5.84. The lowest BCUT2D eigenvalue weighted by atomic mass is 10.0. The van der Waals surface area contributed by atoms with Gasteiger partial charge in [0.25, 0.3) is 0 Å². The second kappa shape index (κ2) is 10.1. The van der Waals surface area contributed by atoms with Gasteiger partial charge in [-0.15, -0.1) is 0 Å². The summed E-state index contributed by atoms with van der Waals surface area (Å²) in [5.74, 6) is 4.36. The lowest BCUT2D eigenvalue weighted by Gasteiger charge is -2.06. The summed E-state index contributed by atoms with van der Waals surface area (Å²) in [5, 5.41) is 0.729. The molecule has 33 heavy (non-hydrogen) atoms. The number of ether oxygens (including phenoxy) is 1. The highest BCUT2D eigenvalue weighted by Gasteiger charge is 2.07. The summed E-state index contributed by atoms with van der Waals surface area (Å²) >= 11 is 0. The molecule has 0 radical (unpaired) electrons. The van der Waals surface area contributed by atoms with Crippen LogP contribution in [0.4, 0.5) is 13.2 Å². The van der Waals surface area contributed by atoms with E-state index < -0.39 is 11.6 Å². The zero-order chi connectivity index (χ0) is 23.2. The fourth-order valence-electron chi connectivity index (χ4n) is 3.49. The average Bonchev–Trinajstić information content (AvgIpc) is 2.84. The third-order valence-electron chi connectivity index (χ3n) is 5.28. The van der Waals surface area contributed by atoms with Gasteiger partial charge >= 0.3 is 0 Å². The largest absolute Gasteiger partial charge is 0.490 e. The molecule has 164 valence electrons. The maximum Gasteiger partial charge on any atom is 0.166 e. The molecule has 0 unspecified atom stereocenters. The highest BCUT2D eigenvalue weighted by Crippen LogP contribution is 2.21. The molecule has 0 atom stereocenters. The minimum atomic E-state index is -0.891. The first-order valence-corrected chi connectivity index (χ1v) is 10.5. The van der Waals surface area contributed by atoms with E-state index in [2.05, 4.69) is 18.4 Å². The Morgan fingerprint density at radius 1 is 0.758 bits per heavy atom. The maximum absolute atomic E-state index is 14.6. The lowest BCUT2D eigenvalue weighted by molar-refractivity contribution is 0.363. The number of benzene rings is 4. The maximum atomic E-state index is 14.6. The Bertz CT molecular complexity index is 1360. The van der Waals surface area contributed by atoms with Crippen LogP contribution in [0.3, 0.4) is 0 Å². The number of halogens is 3. The quantitative estimate of drug-likeness (QED) is 0.231. The predicted molar refractivity (Wildman–Crippen MR) is 126 cm³/mol. The molecule has 0 bridgehead atoms. The second-order valence-corrected chi connectivity index (χ2v) is 7.61. The Morgan fingerprint density at radius 3 is 2.27 bits per heavy atom. The molecule has 0 heterocycles. The van der Waals surface area contributed by atoms with Gasteiger partial charge in [0, 0.05) is 10.9 Å². The minimum Gasteiger partial charge on any atom is -0.490 e. The van der Waals surface area contributed by atoms with Crippen molar-refractivity contribution in [3.8, 4) is 17.6 Å². The lowest BCUT2D eigenvalue weighted by Crippen LogP contribution is -1.95. The van der Waals surface area contributed by atoms with Gasteiger partial charge < -0.3 is 4.74 Å². The Morgan fingerprint density at radius 2 is 1.52 bits per heavy atom. The van der Waals surface area contributed by atoms with Crippen molar-refractivity contribution in [1.29, 1.82) is 0 Å². The third kappa shape index (κ3) is 5.45. The number of hydrogen-bond acceptors (Lipinski definition) is 1. The number of aryl methyl sites for hydroxylation is 2. The molecule has 4 aromatic rings. The van der Waals surface area contributed by atoms with Crippen molar-refractivity contribution >= 4 is 10.8 Å². The van der Waals surface area contributed by atoms with Crippen molar-refractivity contribution in [2.75, 3.05) is 6.61 Å². The van der Waals surface area contributed by atoms with Crippen LogP contribution in [0.2, 0.25) is 0 Å². The predicted octanol–water partition coefficient (Wildman–Crippen LogP) is 7.01. The van der Waals surface area contributed by atoms with Crippen LogP contribution in [0.25, 0.3) is 10.8 Å². The first-order valence-electron chi connectivity index (χ1n) is 10.5. The zero-order valence-corrected chi connectivity index (χ0v) is 17.9. The van der Waals surface area contributed by atoms with Gasteiger partial charge in [-0.3, -0.25) is 0 Å². The average molecular weight is 442 g/mol. The molecular formula is C29H21F3O. The van der Waals surface area contributed by atoms with E-state index in [-0.39, 0.29) is 16.8 Å². The fraction of sp³-hybridized carbons (Fsp3) is 0.103. The van der Waals surface area contributed by atoms with Crippen molar-refractivity contribution < 1.29 is 17.9 Å². The Balaban J connectivity index is 1.43. The van der Waals surface area contributed by atoms with Gasteiger partial charge in [0.2, 0.25) is 0 Å². The summed E-state index contributed by atoms with van der Waals surface area (Å²) in [7, 11) is 0. The van der Waals surface area contributed by atoms with Crippen LogP contribution in [0.5, 0.6) is 5.75 Å². The van der Waals surface area contributed by atoms with E-state index >= 15 is 0 Å². The summed E-state index contributed by atoms with van der Waals surface area (Å²) in [4.78, 5) is 0. The van der Waals surface area contributed by atoms with E-state index in [1.165, 1.54) is 18.2 Å².